The zero-order valence-electron chi connectivity index (χ0n) is 17.0. The van der Waals surface area contributed by atoms with Crippen molar-refractivity contribution >= 4 is 45.3 Å². The first-order valence-corrected chi connectivity index (χ1v) is 12.5. The predicted molar refractivity (Wildman–Crippen MR) is 120 cm³/mol. The molecule has 1 aliphatic rings. The lowest BCUT2D eigenvalue weighted by atomic mass is 10.2. The Morgan fingerprint density at radius 2 is 1.68 bits per heavy atom. The molecule has 7 nitrogen and oxygen atoms in total. The van der Waals surface area contributed by atoms with Crippen molar-refractivity contribution in [1.82, 2.24) is 9.21 Å². The van der Waals surface area contributed by atoms with Crippen molar-refractivity contribution < 1.29 is 22.7 Å². The Morgan fingerprint density at radius 3 is 2.32 bits per heavy atom. The molecule has 0 radical (unpaired) electrons. The molecule has 1 fully saturated rings. The third-order valence-electron chi connectivity index (χ3n) is 4.84. The Hall–Kier alpha value is -2.07. The molecular weight excluding hydrogens is 460 g/mol. The molecule has 0 spiro atoms. The number of sulfonamides is 1. The van der Waals surface area contributed by atoms with Crippen molar-refractivity contribution in [3.05, 3.63) is 59.1 Å². The second kappa shape index (κ2) is 10.5. The molecule has 0 atom stereocenters. The summed E-state index contributed by atoms with van der Waals surface area (Å²) >= 11 is 7.18. The topological polar surface area (TPSA) is 84.0 Å². The number of hydrogen-bond donors (Lipinski definition) is 0. The highest BCUT2D eigenvalue weighted by Gasteiger charge is 2.30. The Bertz CT molecular complexity index is 1040. The van der Waals surface area contributed by atoms with E-state index in [1.807, 2.05) is 31.2 Å². The monoisotopic (exact) mass is 482 g/mol. The minimum Gasteiger partial charge on any atom is -0.455 e. The molecule has 2 aromatic carbocycles. The van der Waals surface area contributed by atoms with Crippen molar-refractivity contribution in [2.45, 2.75) is 16.7 Å². The zero-order valence-corrected chi connectivity index (χ0v) is 19.4. The van der Waals surface area contributed by atoms with Crippen molar-refractivity contribution in [2.24, 2.45) is 0 Å². The maximum atomic E-state index is 12.7. The van der Waals surface area contributed by atoms with Crippen LogP contribution in [0.25, 0.3) is 0 Å². The molecule has 1 amide bonds. The van der Waals surface area contributed by atoms with Gasteiger partial charge in [0.25, 0.3) is 5.91 Å². The molecule has 31 heavy (non-hydrogen) atoms. The van der Waals surface area contributed by atoms with Gasteiger partial charge in [-0.3, -0.25) is 9.59 Å². The first kappa shape index (κ1) is 23.6. The number of halogens is 1. The molecule has 3 rings (SSSR count). The Balaban J connectivity index is 1.44. The largest absolute Gasteiger partial charge is 0.455 e. The first-order chi connectivity index (χ1) is 14.8. The molecule has 166 valence electrons. The number of esters is 1. The Morgan fingerprint density at radius 1 is 1.03 bits per heavy atom. The summed E-state index contributed by atoms with van der Waals surface area (Å²) in [4.78, 5) is 27.0. The maximum Gasteiger partial charge on any atom is 0.316 e. The number of piperazine rings is 1. The summed E-state index contributed by atoms with van der Waals surface area (Å²) in [7, 11) is -3.64. The molecule has 0 aliphatic carbocycles. The average molecular weight is 483 g/mol. The van der Waals surface area contributed by atoms with E-state index in [1.54, 1.807) is 0 Å². The van der Waals surface area contributed by atoms with E-state index in [1.165, 1.54) is 45.2 Å². The fraction of sp³-hybridized carbons (Fsp3) is 0.333. The summed E-state index contributed by atoms with van der Waals surface area (Å²) in [5, 5.41) is 0.459. The molecule has 2 aromatic rings. The lowest BCUT2D eigenvalue weighted by molar-refractivity contribution is -0.150. The van der Waals surface area contributed by atoms with Crippen LogP contribution in [0.5, 0.6) is 0 Å². The minimum atomic E-state index is -3.64. The highest BCUT2D eigenvalue weighted by atomic mass is 35.5. The highest BCUT2D eigenvalue weighted by Crippen LogP contribution is 2.22. The van der Waals surface area contributed by atoms with E-state index in [2.05, 4.69) is 0 Å². The van der Waals surface area contributed by atoms with Crippen LogP contribution in [0.15, 0.2) is 58.3 Å². The number of rotatable bonds is 7. The number of nitrogens with zero attached hydrogens (tertiary/aromatic N) is 2. The van der Waals surface area contributed by atoms with Gasteiger partial charge < -0.3 is 9.64 Å². The normalized spacial score (nSPS) is 15.0. The highest BCUT2D eigenvalue weighted by molar-refractivity contribution is 8.00. The predicted octanol–water partition coefficient (Wildman–Crippen LogP) is 2.82. The van der Waals surface area contributed by atoms with Gasteiger partial charge in [-0.1, -0.05) is 29.8 Å². The van der Waals surface area contributed by atoms with Crippen LogP contribution in [-0.4, -0.2) is 68.0 Å². The summed E-state index contributed by atoms with van der Waals surface area (Å²) in [6, 6.07) is 13.7. The van der Waals surface area contributed by atoms with E-state index >= 15 is 0 Å². The van der Waals surface area contributed by atoms with Crippen LogP contribution < -0.4 is 0 Å². The van der Waals surface area contributed by atoms with Crippen LogP contribution in [0, 0.1) is 6.92 Å². The SMILES string of the molecule is Cc1ccccc1SCC(=O)OCC(=O)N1CCN(S(=O)(=O)c2ccc(Cl)cc2)CC1. The van der Waals surface area contributed by atoms with E-state index in [0.29, 0.717) is 5.02 Å². The third-order valence-corrected chi connectivity index (χ3v) is 8.15. The Labute approximate surface area is 191 Å². The van der Waals surface area contributed by atoms with Crippen LogP contribution in [0.1, 0.15) is 5.56 Å². The van der Waals surface area contributed by atoms with Crippen molar-refractivity contribution in [3.8, 4) is 0 Å². The van der Waals surface area contributed by atoms with Gasteiger partial charge in [-0.25, -0.2) is 8.42 Å². The van der Waals surface area contributed by atoms with Gasteiger partial charge >= 0.3 is 5.97 Å². The van der Waals surface area contributed by atoms with E-state index < -0.39 is 16.0 Å². The van der Waals surface area contributed by atoms with Crippen LogP contribution >= 0.6 is 23.4 Å². The molecule has 0 aromatic heterocycles. The summed E-state index contributed by atoms with van der Waals surface area (Å²) < 4.78 is 31.9. The van der Waals surface area contributed by atoms with Gasteiger partial charge in [0.1, 0.15) is 0 Å². The smallest absolute Gasteiger partial charge is 0.316 e. The van der Waals surface area contributed by atoms with Gasteiger partial charge in [0, 0.05) is 36.1 Å². The van der Waals surface area contributed by atoms with Crippen LogP contribution in [0.2, 0.25) is 5.02 Å². The van der Waals surface area contributed by atoms with Gasteiger partial charge in [0.2, 0.25) is 10.0 Å². The fourth-order valence-electron chi connectivity index (χ4n) is 3.06. The van der Waals surface area contributed by atoms with Crippen molar-refractivity contribution in [3.63, 3.8) is 0 Å². The van der Waals surface area contributed by atoms with Gasteiger partial charge in [-0.05, 0) is 42.8 Å². The van der Waals surface area contributed by atoms with E-state index in [4.69, 9.17) is 16.3 Å². The average Bonchev–Trinajstić information content (AvgIpc) is 2.77. The zero-order chi connectivity index (χ0) is 22.4. The standard InChI is InChI=1S/C21H23ClN2O5S2/c1-16-4-2-3-5-19(16)30-15-21(26)29-14-20(25)23-10-12-24(13-11-23)31(27,28)18-8-6-17(22)7-9-18/h2-9H,10-15H2,1H3. The fourth-order valence-corrected chi connectivity index (χ4v) is 5.44. The number of carbonyl (C=O) groups excluding carboxylic acids is 2. The van der Waals surface area contributed by atoms with Gasteiger partial charge in [0.15, 0.2) is 6.61 Å². The number of carbonyl (C=O) groups is 2. The van der Waals surface area contributed by atoms with Gasteiger partial charge in [-0.2, -0.15) is 4.31 Å². The number of aryl methyl sites for hydroxylation is 1. The number of benzene rings is 2. The maximum absolute atomic E-state index is 12.7. The summed E-state index contributed by atoms with van der Waals surface area (Å²) in [6.45, 7) is 2.44. The summed E-state index contributed by atoms with van der Waals surface area (Å²) in [5.41, 5.74) is 1.07. The van der Waals surface area contributed by atoms with Gasteiger partial charge in [0.05, 0.1) is 10.6 Å². The lowest BCUT2D eigenvalue weighted by Crippen LogP contribution is -2.51. The van der Waals surface area contributed by atoms with E-state index in [9.17, 15) is 18.0 Å². The molecule has 0 bridgehead atoms. The summed E-state index contributed by atoms with van der Waals surface area (Å²) in [6.07, 6.45) is 0. The van der Waals surface area contributed by atoms with Crippen LogP contribution in [0.4, 0.5) is 0 Å². The Kier molecular flexibility index (Phi) is 7.99. The second-order valence-electron chi connectivity index (χ2n) is 6.95. The minimum absolute atomic E-state index is 0.116. The van der Waals surface area contributed by atoms with Crippen molar-refractivity contribution in [1.29, 1.82) is 0 Å². The molecule has 0 N–H and O–H groups in total. The molecular formula is C21H23ClN2O5S2. The van der Waals surface area contributed by atoms with E-state index in [0.717, 1.165) is 10.5 Å². The van der Waals surface area contributed by atoms with Gasteiger partial charge in [-0.15, -0.1) is 11.8 Å². The molecule has 1 aliphatic heterocycles. The number of amides is 1. The van der Waals surface area contributed by atoms with Crippen LogP contribution in [-0.2, 0) is 24.3 Å². The number of ether oxygens (including phenoxy) is 1. The molecule has 0 saturated carbocycles. The molecule has 0 unspecified atom stereocenters. The molecule has 1 saturated heterocycles. The lowest BCUT2D eigenvalue weighted by Gasteiger charge is -2.33. The third kappa shape index (κ3) is 6.22. The second-order valence-corrected chi connectivity index (χ2v) is 10.3. The quantitative estimate of drug-likeness (QED) is 0.445. The first-order valence-electron chi connectivity index (χ1n) is 9.65. The molecule has 1 heterocycles. The van der Waals surface area contributed by atoms with Crippen LogP contribution in [0.3, 0.4) is 0 Å². The van der Waals surface area contributed by atoms with E-state index in [-0.39, 0.29) is 49.3 Å². The number of thioether (sulfide) groups is 1. The van der Waals surface area contributed by atoms with Crippen molar-refractivity contribution in [2.75, 3.05) is 38.5 Å². The molecule has 10 heteroatoms. The summed E-state index contributed by atoms with van der Waals surface area (Å²) in [5.74, 6) is -0.686. The number of hydrogen-bond acceptors (Lipinski definition) is 6.